The average Bonchev–Trinajstić information content (AvgIpc) is 3.17. The maximum atomic E-state index is 13.3. The lowest BCUT2D eigenvalue weighted by Gasteiger charge is -2.27. The molecule has 0 saturated heterocycles. The van der Waals surface area contributed by atoms with Crippen molar-refractivity contribution in [3.05, 3.63) is 60.3 Å². The fourth-order valence-corrected chi connectivity index (χ4v) is 2.80. The predicted molar refractivity (Wildman–Crippen MR) is 114 cm³/mol. The highest BCUT2D eigenvalue weighted by atomic mass is 16.6. The second-order valence-electron chi connectivity index (χ2n) is 7.51. The quantitative estimate of drug-likeness (QED) is 0.568. The van der Waals surface area contributed by atoms with Gasteiger partial charge >= 0.3 is 12.1 Å². The zero-order valence-corrected chi connectivity index (χ0v) is 18.0. The molecule has 0 aliphatic heterocycles. The Morgan fingerprint density at radius 1 is 0.968 bits per heavy atom. The number of benzene rings is 2. The third-order valence-electron chi connectivity index (χ3n) is 4.14. The largest absolute Gasteiger partial charge is 0.497 e. The number of amides is 1. The molecule has 3 rings (SSSR count). The number of hydrogen-bond acceptors (Lipinski definition) is 7. The minimum atomic E-state index is -0.770. The summed E-state index contributed by atoms with van der Waals surface area (Å²) >= 11 is 0. The highest BCUT2D eigenvalue weighted by Gasteiger charge is 2.34. The first-order valence-electron chi connectivity index (χ1n) is 9.51. The number of methoxy groups -OCH3 is 2. The van der Waals surface area contributed by atoms with E-state index >= 15 is 0 Å². The van der Waals surface area contributed by atoms with E-state index in [0.29, 0.717) is 17.1 Å². The number of rotatable bonds is 5. The highest BCUT2D eigenvalue weighted by Crippen LogP contribution is 2.32. The van der Waals surface area contributed by atoms with Crippen LogP contribution in [-0.4, -0.2) is 46.9 Å². The Balaban J connectivity index is 2.23. The van der Waals surface area contributed by atoms with Crippen molar-refractivity contribution in [2.45, 2.75) is 26.4 Å². The summed E-state index contributed by atoms with van der Waals surface area (Å²) in [6.45, 7) is 5.27. The van der Waals surface area contributed by atoms with E-state index in [4.69, 9.17) is 14.2 Å². The zero-order chi connectivity index (χ0) is 22.6. The SMILES string of the molecule is COC(=O)c1nnn(-c2ccc(OC)cc2)c1N(C(=O)OC(C)(C)C)c1ccccc1. The molecule has 162 valence electrons. The number of hydrogen-bond donors (Lipinski definition) is 0. The van der Waals surface area contributed by atoms with Crippen LogP contribution in [0, 0.1) is 0 Å². The van der Waals surface area contributed by atoms with Crippen molar-refractivity contribution in [1.82, 2.24) is 15.0 Å². The van der Waals surface area contributed by atoms with Crippen molar-refractivity contribution in [2.24, 2.45) is 0 Å². The molecule has 31 heavy (non-hydrogen) atoms. The van der Waals surface area contributed by atoms with E-state index in [1.54, 1.807) is 76.4 Å². The number of aromatic nitrogens is 3. The molecule has 0 aliphatic rings. The summed E-state index contributed by atoms with van der Waals surface area (Å²) in [5.74, 6) is 0.00221. The first-order valence-corrected chi connectivity index (χ1v) is 9.51. The molecular formula is C22H24N4O5. The minimum Gasteiger partial charge on any atom is -0.497 e. The maximum Gasteiger partial charge on any atom is 0.420 e. The molecule has 2 aromatic carbocycles. The molecule has 0 N–H and O–H groups in total. The van der Waals surface area contributed by atoms with Gasteiger partial charge < -0.3 is 14.2 Å². The first kappa shape index (κ1) is 21.8. The third-order valence-corrected chi connectivity index (χ3v) is 4.14. The van der Waals surface area contributed by atoms with Crippen molar-refractivity contribution in [1.29, 1.82) is 0 Å². The zero-order valence-electron chi connectivity index (χ0n) is 18.0. The van der Waals surface area contributed by atoms with Gasteiger partial charge in [-0.25, -0.2) is 14.5 Å². The highest BCUT2D eigenvalue weighted by molar-refractivity contribution is 6.02. The molecule has 0 unspecified atom stereocenters. The molecule has 0 atom stereocenters. The number of nitrogens with zero attached hydrogens (tertiary/aromatic N) is 4. The average molecular weight is 424 g/mol. The van der Waals surface area contributed by atoms with E-state index < -0.39 is 17.7 Å². The summed E-state index contributed by atoms with van der Waals surface area (Å²) in [5, 5.41) is 8.10. The van der Waals surface area contributed by atoms with Crippen molar-refractivity contribution in [3.8, 4) is 11.4 Å². The van der Waals surface area contributed by atoms with E-state index in [1.807, 2.05) is 6.07 Å². The third kappa shape index (κ3) is 4.82. The van der Waals surface area contributed by atoms with Crippen molar-refractivity contribution in [3.63, 3.8) is 0 Å². The molecule has 1 amide bonds. The summed E-state index contributed by atoms with van der Waals surface area (Å²) in [7, 11) is 2.80. The van der Waals surface area contributed by atoms with Gasteiger partial charge in [0.1, 0.15) is 11.4 Å². The van der Waals surface area contributed by atoms with Crippen molar-refractivity contribution >= 4 is 23.6 Å². The lowest BCUT2D eigenvalue weighted by Crippen LogP contribution is -2.35. The van der Waals surface area contributed by atoms with Crippen LogP contribution >= 0.6 is 0 Å². The second kappa shape index (κ2) is 8.86. The van der Waals surface area contributed by atoms with Crippen LogP contribution in [-0.2, 0) is 9.47 Å². The van der Waals surface area contributed by atoms with Crippen LogP contribution in [0.2, 0.25) is 0 Å². The molecule has 0 spiro atoms. The topological polar surface area (TPSA) is 95.8 Å². The number of esters is 1. The van der Waals surface area contributed by atoms with Gasteiger partial charge in [0.2, 0.25) is 5.69 Å². The Labute approximate surface area is 180 Å². The van der Waals surface area contributed by atoms with Gasteiger partial charge in [0.25, 0.3) is 0 Å². The molecule has 9 heteroatoms. The first-order chi connectivity index (χ1) is 14.7. The van der Waals surface area contributed by atoms with Crippen LogP contribution in [0.15, 0.2) is 54.6 Å². The standard InChI is InChI=1S/C22H24N4O5/c1-22(2,3)31-21(28)25(15-9-7-6-8-10-15)19-18(20(27)30-5)23-24-26(19)16-11-13-17(29-4)14-12-16/h6-14H,1-5H3. The number of anilines is 2. The van der Waals surface area contributed by atoms with Crippen molar-refractivity contribution < 1.29 is 23.8 Å². The van der Waals surface area contributed by atoms with Crippen LogP contribution in [0.25, 0.3) is 5.69 Å². The van der Waals surface area contributed by atoms with E-state index in [1.165, 1.54) is 16.7 Å². The second-order valence-corrected chi connectivity index (χ2v) is 7.51. The summed E-state index contributed by atoms with van der Waals surface area (Å²) in [6.07, 6.45) is -0.694. The van der Waals surface area contributed by atoms with Crippen molar-refractivity contribution in [2.75, 3.05) is 19.1 Å². The molecule has 0 radical (unpaired) electrons. The molecule has 0 fully saturated rings. The maximum absolute atomic E-state index is 13.3. The Morgan fingerprint density at radius 2 is 1.61 bits per heavy atom. The summed E-state index contributed by atoms with van der Waals surface area (Å²) in [4.78, 5) is 27.0. The number of para-hydroxylation sites is 1. The van der Waals surface area contributed by atoms with Gasteiger partial charge in [-0.3, -0.25) is 0 Å². The Bertz CT molecular complexity index is 1060. The van der Waals surface area contributed by atoms with Gasteiger partial charge in [-0.05, 0) is 57.2 Å². The molecule has 0 saturated carbocycles. The summed E-state index contributed by atoms with van der Waals surface area (Å²) < 4.78 is 17.1. The lowest BCUT2D eigenvalue weighted by atomic mass is 10.2. The van der Waals surface area contributed by atoms with Gasteiger partial charge in [0.05, 0.1) is 25.6 Å². The minimum absolute atomic E-state index is 0.0949. The van der Waals surface area contributed by atoms with Gasteiger partial charge in [-0.1, -0.05) is 23.4 Å². The smallest absolute Gasteiger partial charge is 0.420 e. The number of carbonyl (C=O) groups excluding carboxylic acids is 2. The Hall–Kier alpha value is -3.88. The van der Waals surface area contributed by atoms with Gasteiger partial charge in [0.15, 0.2) is 5.82 Å². The van der Waals surface area contributed by atoms with E-state index in [9.17, 15) is 9.59 Å². The van der Waals surface area contributed by atoms with Crippen LogP contribution in [0.1, 0.15) is 31.3 Å². The Morgan fingerprint density at radius 3 is 2.16 bits per heavy atom. The monoisotopic (exact) mass is 424 g/mol. The molecular weight excluding hydrogens is 400 g/mol. The normalized spacial score (nSPS) is 11.0. The molecule has 9 nitrogen and oxygen atoms in total. The predicted octanol–water partition coefficient (Wildman–Crippen LogP) is 4.14. The van der Waals surface area contributed by atoms with Gasteiger partial charge in [-0.15, -0.1) is 5.10 Å². The van der Waals surface area contributed by atoms with Crippen LogP contribution in [0.4, 0.5) is 16.3 Å². The molecule has 0 aliphatic carbocycles. The van der Waals surface area contributed by atoms with E-state index in [-0.39, 0.29) is 11.5 Å². The van der Waals surface area contributed by atoms with Gasteiger partial charge in [-0.2, -0.15) is 4.68 Å². The van der Waals surface area contributed by atoms with Gasteiger partial charge in [0, 0.05) is 0 Å². The Kier molecular flexibility index (Phi) is 6.24. The lowest BCUT2D eigenvalue weighted by molar-refractivity contribution is 0.0591. The van der Waals surface area contributed by atoms with Crippen LogP contribution in [0.3, 0.4) is 0 Å². The van der Waals surface area contributed by atoms with E-state index in [2.05, 4.69) is 10.3 Å². The molecule has 1 aromatic heterocycles. The fourth-order valence-electron chi connectivity index (χ4n) is 2.80. The molecule has 0 bridgehead atoms. The summed E-state index contributed by atoms with van der Waals surface area (Å²) in [6, 6.07) is 15.7. The molecule has 3 aromatic rings. The van der Waals surface area contributed by atoms with Crippen LogP contribution in [0.5, 0.6) is 5.75 Å². The summed E-state index contributed by atoms with van der Waals surface area (Å²) in [5.41, 5.74) is 0.128. The fraction of sp³-hybridized carbons (Fsp3) is 0.273. The van der Waals surface area contributed by atoms with E-state index in [0.717, 1.165) is 0 Å². The van der Waals surface area contributed by atoms with Crippen LogP contribution < -0.4 is 9.64 Å². The molecule has 1 heterocycles. The number of carbonyl (C=O) groups is 2. The number of ether oxygens (including phenoxy) is 3.